The third-order valence-electron chi connectivity index (χ3n) is 5.54. The molecule has 5 heteroatoms. The van der Waals surface area contributed by atoms with Crippen LogP contribution in [0.3, 0.4) is 0 Å². The van der Waals surface area contributed by atoms with E-state index in [4.69, 9.17) is 9.15 Å². The van der Waals surface area contributed by atoms with Gasteiger partial charge in [0.05, 0.1) is 19.3 Å². The molecule has 4 rings (SSSR count). The number of carbonyl (C=O) groups is 1. The van der Waals surface area contributed by atoms with Crippen molar-refractivity contribution in [3.8, 4) is 5.75 Å². The first-order valence-electron chi connectivity index (χ1n) is 9.72. The van der Waals surface area contributed by atoms with Crippen LogP contribution in [0.25, 0.3) is 21.9 Å². The van der Waals surface area contributed by atoms with Crippen LogP contribution >= 0.6 is 0 Å². The zero-order valence-corrected chi connectivity index (χ0v) is 16.0. The fourth-order valence-corrected chi connectivity index (χ4v) is 4.12. The lowest BCUT2D eigenvalue weighted by atomic mass is 10.00. The number of carbonyl (C=O) groups excluding carboxylic acids is 1. The van der Waals surface area contributed by atoms with Crippen LogP contribution in [0.5, 0.6) is 5.75 Å². The molecule has 2 heterocycles. The van der Waals surface area contributed by atoms with Crippen LogP contribution in [0.2, 0.25) is 0 Å². The number of hydrogen-bond donors (Lipinski definition) is 1. The summed E-state index contributed by atoms with van der Waals surface area (Å²) in [7, 11) is 1.62. The first kappa shape index (κ1) is 17.9. The molecule has 1 fully saturated rings. The van der Waals surface area contributed by atoms with Crippen LogP contribution < -0.4 is 10.1 Å². The second-order valence-corrected chi connectivity index (χ2v) is 7.22. The summed E-state index contributed by atoms with van der Waals surface area (Å²) in [5.41, 5.74) is 2.23. The molecule has 1 unspecified atom stereocenters. The summed E-state index contributed by atoms with van der Waals surface area (Å²) in [6.45, 7) is 3.60. The molecule has 0 bridgehead atoms. The molecule has 0 radical (unpaired) electrons. The Morgan fingerprint density at radius 3 is 2.89 bits per heavy atom. The average Bonchev–Trinajstić information content (AvgIpc) is 3.05. The van der Waals surface area contributed by atoms with Crippen LogP contribution in [-0.2, 0) is 4.79 Å². The molecule has 0 aliphatic carbocycles. The summed E-state index contributed by atoms with van der Waals surface area (Å²) in [6.07, 6.45) is 4.69. The van der Waals surface area contributed by atoms with Gasteiger partial charge in [0.1, 0.15) is 16.9 Å². The van der Waals surface area contributed by atoms with E-state index in [1.165, 1.54) is 12.8 Å². The summed E-state index contributed by atoms with van der Waals surface area (Å²) < 4.78 is 11.5. The molecule has 1 N–H and O–H groups in total. The number of hydrogen-bond acceptors (Lipinski definition) is 4. The van der Waals surface area contributed by atoms with E-state index < -0.39 is 0 Å². The van der Waals surface area contributed by atoms with Gasteiger partial charge in [-0.25, -0.2) is 0 Å². The molecule has 3 aromatic rings. The Bertz CT molecular complexity index is 963. The van der Waals surface area contributed by atoms with Crippen molar-refractivity contribution >= 4 is 33.5 Å². The van der Waals surface area contributed by atoms with Gasteiger partial charge in [-0.2, -0.15) is 0 Å². The van der Waals surface area contributed by atoms with E-state index >= 15 is 0 Å². The van der Waals surface area contributed by atoms with E-state index in [1.807, 2.05) is 36.4 Å². The molecule has 1 aliphatic heterocycles. The first-order valence-corrected chi connectivity index (χ1v) is 9.72. The van der Waals surface area contributed by atoms with Gasteiger partial charge >= 0.3 is 0 Å². The number of ether oxygens (including phenoxy) is 1. The molecular formula is C22H26N2O3. The molecule has 27 heavy (non-hydrogen) atoms. The maximum absolute atomic E-state index is 12.7. The van der Waals surface area contributed by atoms with Crippen molar-refractivity contribution in [2.24, 2.45) is 0 Å². The van der Waals surface area contributed by atoms with Gasteiger partial charge in [-0.05, 0) is 37.9 Å². The van der Waals surface area contributed by atoms with Crippen LogP contribution in [0, 0.1) is 0 Å². The fraction of sp³-hybridized carbons (Fsp3) is 0.409. The normalized spacial score (nSPS) is 18.1. The van der Waals surface area contributed by atoms with E-state index in [9.17, 15) is 4.79 Å². The third-order valence-corrected chi connectivity index (χ3v) is 5.54. The van der Waals surface area contributed by atoms with Crippen molar-refractivity contribution in [2.45, 2.75) is 38.6 Å². The Morgan fingerprint density at radius 1 is 1.22 bits per heavy atom. The lowest BCUT2D eigenvalue weighted by Crippen LogP contribution is -2.43. The summed E-state index contributed by atoms with van der Waals surface area (Å²) >= 11 is 0. The SMILES string of the molecule is CCC1CCCCN1CC(=O)Nc1cc2oc3ccccc3c2cc1OC. The molecule has 1 amide bonds. The number of amides is 1. The van der Waals surface area contributed by atoms with Gasteiger partial charge in [-0.3, -0.25) is 9.69 Å². The maximum Gasteiger partial charge on any atom is 0.238 e. The van der Waals surface area contributed by atoms with E-state index in [-0.39, 0.29) is 5.91 Å². The number of benzene rings is 2. The Morgan fingerprint density at radius 2 is 2.07 bits per heavy atom. The summed E-state index contributed by atoms with van der Waals surface area (Å²) in [5.74, 6) is 0.636. The van der Waals surface area contributed by atoms with Crippen molar-refractivity contribution < 1.29 is 13.9 Å². The van der Waals surface area contributed by atoms with Gasteiger partial charge in [0.25, 0.3) is 0 Å². The third kappa shape index (κ3) is 3.52. The van der Waals surface area contributed by atoms with Crippen molar-refractivity contribution in [3.05, 3.63) is 36.4 Å². The molecule has 1 atom stereocenters. The minimum atomic E-state index is -0.0101. The molecule has 2 aromatic carbocycles. The zero-order chi connectivity index (χ0) is 18.8. The van der Waals surface area contributed by atoms with Crippen LogP contribution in [-0.4, -0.2) is 37.0 Å². The van der Waals surface area contributed by atoms with Crippen molar-refractivity contribution in [1.29, 1.82) is 0 Å². The lowest BCUT2D eigenvalue weighted by Gasteiger charge is -2.34. The monoisotopic (exact) mass is 366 g/mol. The van der Waals surface area contributed by atoms with Crippen molar-refractivity contribution in [3.63, 3.8) is 0 Å². The number of fused-ring (bicyclic) bond motifs is 3. The van der Waals surface area contributed by atoms with E-state index in [0.29, 0.717) is 24.0 Å². The van der Waals surface area contributed by atoms with Gasteiger partial charge in [0, 0.05) is 22.9 Å². The van der Waals surface area contributed by atoms with Crippen LogP contribution in [0.1, 0.15) is 32.6 Å². The predicted octanol–water partition coefficient (Wildman–Crippen LogP) is 4.80. The highest BCUT2D eigenvalue weighted by molar-refractivity contribution is 6.07. The van der Waals surface area contributed by atoms with Crippen molar-refractivity contribution in [1.82, 2.24) is 4.90 Å². The Labute approximate surface area is 159 Å². The lowest BCUT2D eigenvalue weighted by molar-refractivity contribution is -0.118. The minimum absolute atomic E-state index is 0.0101. The molecule has 5 nitrogen and oxygen atoms in total. The topological polar surface area (TPSA) is 54.7 Å². The van der Waals surface area contributed by atoms with Gasteiger partial charge in [0.2, 0.25) is 5.91 Å². The Balaban J connectivity index is 1.59. The number of methoxy groups -OCH3 is 1. The molecule has 1 saturated heterocycles. The number of nitrogens with zero attached hydrogens (tertiary/aromatic N) is 1. The van der Waals surface area contributed by atoms with Gasteiger partial charge < -0.3 is 14.5 Å². The zero-order valence-electron chi connectivity index (χ0n) is 16.0. The Hall–Kier alpha value is -2.53. The van der Waals surface area contributed by atoms with Crippen LogP contribution in [0.15, 0.2) is 40.8 Å². The summed E-state index contributed by atoms with van der Waals surface area (Å²) in [6, 6.07) is 12.2. The second kappa shape index (κ2) is 7.61. The Kier molecular flexibility index (Phi) is 5.03. The molecule has 0 saturated carbocycles. The number of piperidine rings is 1. The highest BCUT2D eigenvalue weighted by atomic mass is 16.5. The second-order valence-electron chi connectivity index (χ2n) is 7.22. The largest absolute Gasteiger partial charge is 0.495 e. The standard InChI is InChI=1S/C22H26N2O3/c1-3-15-8-6-7-11-24(15)14-22(25)23-18-13-20-17(12-21(18)26-2)16-9-4-5-10-19(16)27-20/h4-5,9-10,12-13,15H,3,6-8,11,14H2,1-2H3,(H,23,25). The molecule has 1 aromatic heterocycles. The number of nitrogens with one attached hydrogen (secondary N) is 1. The van der Waals surface area contributed by atoms with Gasteiger partial charge in [-0.15, -0.1) is 0 Å². The first-order chi connectivity index (χ1) is 13.2. The number of anilines is 1. The van der Waals surface area contributed by atoms with Crippen LogP contribution in [0.4, 0.5) is 5.69 Å². The molecule has 0 spiro atoms. The number of rotatable bonds is 5. The minimum Gasteiger partial charge on any atom is -0.495 e. The smallest absolute Gasteiger partial charge is 0.238 e. The highest BCUT2D eigenvalue weighted by Crippen LogP contribution is 2.36. The predicted molar refractivity (Wildman–Crippen MR) is 108 cm³/mol. The summed E-state index contributed by atoms with van der Waals surface area (Å²) in [4.78, 5) is 15.0. The highest BCUT2D eigenvalue weighted by Gasteiger charge is 2.23. The number of furan rings is 1. The van der Waals surface area contributed by atoms with Gasteiger partial charge in [-0.1, -0.05) is 31.5 Å². The van der Waals surface area contributed by atoms with E-state index in [1.54, 1.807) is 7.11 Å². The van der Waals surface area contributed by atoms with Gasteiger partial charge in [0.15, 0.2) is 0 Å². The maximum atomic E-state index is 12.7. The fourth-order valence-electron chi connectivity index (χ4n) is 4.12. The van der Waals surface area contributed by atoms with E-state index in [2.05, 4.69) is 17.1 Å². The number of likely N-dealkylation sites (tertiary alicyclic amines) is 1. The summed E-state index contributed by atoms with van der Waals surface area (Å²) in [5, 5.41) is 5.06. The van der Waals surface area contributed by atoms with E-state index in [0.717, 1.165) is 41.3 Å². The molecule has 1 aliphatic rings. The average molecular weight is 366 g/mol. The number of para-hydroxylation sites is 1. The molecular weight excluding hydrogens is 340 g/mol. The quantitative estimate of drug-likeness (QED) is 0.705. The van der Waals surface area contributed by atoms with Crippen molar-refractivity contribution in [2.75, 3.05) is 25.5 Å². The molecule has 142 valence electrons.